The van der Waals surface area contributed by atoms with E-state index in [4.69, 9.17) is 10.4 Å². The summed E-state index contributed by atoms with van der Waals surface area (Å²) in [7, 11) is 0. The molecule has 0 atom stereocenters. The van der Waals surface area contributed by atoms with Gasteiger partial charge in [0.1, 0.15) is 0 Å². The van der Waals surface area contributed by atoms with Crippen LogP contribution in [0.15, 0.2) is 0 Å². The molecule has 0 aromatic carbocycles. The first-order chi connectivity index (χ1) is 1.41. The number of aliphatic hydroxyl groups excluding tert-OH is 1. The molecular weight excluding hydrogens is 137 g/mol. The van der Waals surface area contributed by atoms with Crippen LogP contribution in [0, 0.1) is 11.5 Å². The van der Waals surface area contributed by atoms with Gasteiger partial charge in [0.05, 0.1) is 0 Å². The number of nitriles is 1. The topological polar surface area (TPSA) is 44.0 Å². The molecule has 4 heteroatoms. The van der Waals surface area contributed by atoms with E-state index in [9.17, 15) is 0 Å². The van der Waals surface area contributed by atoms with E-state index >= 15 is 0 Å². The molecule has 0 radical (unpaired) electrons. The van der Waals surface area contributed by atoms with Gasteiger partial charge in [0.2, 0.25) is 0 Å². The average Bonchev–Trinajstić information content (AvgIpc) is 0.918. The Bertz CT molecular complexity index is 37.0. The van der Waals surface area contributed by atoms with Gasteiger partial charge < -0.3 is 6.53 Å². The minimum Gasteiger partial charge on any atom is -1.00 e. The van der Waals surface area contributed by atoms with E-state index < -0.39 is 0 Å². The minimum absolute atomic E-state index is 0. The molecule has 0 aliphatic rings. The molecule has 2 nitrogen and oxygen atoms in total. The van der Waals surface area contributed by atoms with Crippen LogP contribution in [0.4, 0.5) is 0 Å². The van der Waals surface area contributed by atoms with E-state index in [2.05, 4.69) is 0 Å². The zero-order chi connectivity index (χ0) is 2.71. The van der Waals surface area contributed by atoms with Crippen molar-refractivity contribution in [3.63, 3.8) is 0 Å². The summed E-state index contributed by atoms with van der Waals surface area (Å²) in [6, 6.07) is 0. The number of hydrogen-bond acceptors (Lipinski definition) is 2. The maximum absolute atomic E-state index is 6.88. The van der Waals surface area contributed by atoms with Crippen LogP contribution >= 0.6 is 0 Å². The Hall–Kier alpha value is 1.45. The molecule has 0 rings (SSSR count). The molecule has 0 amide bonds. The van der Waals surface area contributed by atoms with Crippen molar-refractivity contribution >= 4 is 0 Å². The van der Waals surface area contributed by atoms with Crippen LogP contribution in [-0.4, -0.2) is 5.11 Å². The van der Waals surface area contributed by atoms with Crippen LogP contribution in [0.5, 0.6) is 0 Å². The molecule has 0 heterocycles. The number of hydrogen-bond donors (Lipinski definition) is 1. The molecule has 0 saturated heterocycles. The van der Waals surface area contributed by atoms with Gasteiger partial charge in [0.25, 0.3) is 6.26 Å². The van der Waals surface area contributed by atoms with Crippen molar-refractivity contribution in [3.8, 4) is 6.26 Å². The second-order valence-electron chi connectivity index (χ2n) is 0.100. The summed E-state index contributed by atoms with van der Waals surface area (Å²) in [4.78, 5) is 0. The normalized spacial score (nSPS) is 1.40. The van der Waals surface area contributed by atoms with E-state index in [1.807, 2.05) is 0 Å². The van der Waals surface area contributed by atoms with Crippen LogP contribution in [0.3, 0.4) is 0 Å². The minimum atomic E-state index is 0. The molecule has 0 spiro atoms. The number of aliphatic hydroxyl groups is 1. The predicted molar refractivity (Wildman–Crippen MR) is 8.66 cm³/mol. The van der Waals surface area contributed by atoms with E-state index in [0.29, 0.717) is 0 Å². The Labute approximate surface area is 84.9 Å². The summed E-state index contributed by atoms with van der Waals surface area (Å²) >= 11 is 0. The van der Waals surface area contributed by atoms with E-state index in [1.54, 1.807) is 0 Å². The Morgan fingerprint density at radius 1 is 1.80 bits per heavy atom. The fraction of sp³-hybridized carbons (Fsp3) is 0. The quantitative estimate of drug-likeness (QED) is 0.286. The number of rotatable bonds is 0. The van der Waals surface area contributed by atoms with Gasteiger partial charge in [-0.3, -0.25) is 0 Å². The van der Waals surface area contributed by atoms with Crippen molar-refractivity contribution in [1.29, 1.82) is 5.26 Å². The van der Waals surface area contributed by atoms with Crippen LogP contribution in [0.2, 0.25) is 0 Å². The van der Waals surface area contributed by atoms with Gasteiger partial charge in [-0.05, 0) is 0 Å². The van der Waals surface area contributed by atoms with Gasteiger partial charge in [0.15, 0.2) is 0 Å². The second kappa shape index (κ2) is 18.0. The van der Waals surface area contributed by atoms with Crippen molar-refractivity contribution in [3.05, 3.63) is 0 Å². The maximum Gasteiger partial charge on any atom is 1.00 e. The van der Waals surface area contributed by atoms with E-state index in [1.165, 1.54) is 0 Å². The average molecular weight is 139 g/mol. The van der Waals surface area contributed by atoms with Gasteiger partial charge in [-0.25, -0.2) is 0 Å². The fourth-order valence-electron chi connectivity index (χ4n) is 0. The second-order valence-corrected chi connectivity index (χ2v) is 0.100. The zero-order valence-electron chi connectivity index (χ0n) is 3.75. The summed E-state index contributed by atoms with van der Waals surface area (Å²) < 4.78 is 0. The third-order valence-corrected chi connectivity index (χ3v) is 0. The Balaban J connectivity index is -0.00000000667. The molecular formula is CH2FeKNO. The Kier molecular flexibility index (Phi) is 57.9. The van der Waals surface area contributed by atoms with Crippen molar-refractivity contribution in [1.82, 2.24) is 0 Å². The first kappa shape index (κ1) is 16.1. The summed E-state index contributed by atoms with van der Waals surface area (Å²) in [5.74, 6) is 0. The monoisotopic (exact) mass is 139 g/mol. The van der Waals surface area contributed by atoms with Crippen molar-refractivity contribution in [2.45, 2.75) is 0 Å². The summed E-state index contributed by atoms with van der Waals surface area (Å²) in [5, 5.41) is 13.8. The van der Waals surface area contributed by atoms with Crippen LogP contribution in [0.25, 0.3) is 0 Å². The zero-order valence-corrected chi connectivity index (χ0v) is 6.98. The Morgan fingerprint density at radius 3 is 1.80 bits per heavy atom. The van der Waals surface area contributed by atoms with Crippen molar-refractivity contribution in [2.75, 3.05) is 0 Å². The summed E-state index contributed by atoms with van der Waals surface area (Å²) in [6.07, 6.45) is 0.750. The van der Waals surface area contributed by atoms with Crippen LogP contribution < -0.4 is 51.4 Å². The summed E-state index contributed by atoms with van der Waals surface area (Å²) in [5.41, 5.74) is 0. The van der Waals surface area contributed by atoms with E-state index in [-0.39, 0.29) is 69.9 Å². The molecule has 26 valence electrons. The molecule has 0 aliphatic carbocycles. The molecule has 5 heavy (non-hydrogen) atoms. The molecule has 0 fully saturated rings. The Morgan fingerprint density at radius 2 is 1.80 bits per heavy atom. The first-order valence-electron chi connectivity index (χ1n) is 0.447. The molecule has 0 aliphatic heterocycles. The standard InChI is InChI=1S/CHNO.Fe.K.H/c2-1-3;;;/h3H;;;/q;;+1;-1. The van der Waals surface area contributed by atoms with Gasteiger partial charge in [-0.2, -0.15) is 5.26 Å². The summed E-state index contributed by atoms with van der Waals surface area (Å²) in [6.45, 7) is 0. The van der Waals surface area contributed by atoms with Gasteiger partial charge in [0, 0.05) is 17.1 Å². The van der Waals surface area contributed by atoms with Crippen molar-refractivity contribution < 1.29 is 75.0 Å². The smallest absolute Gasteiger partial charge is 1.00 e. The molecule has 0 bridgehead atoms. The molecule has 0 saturated carbocycles. The largest absolute Gasteiger partial charge is 1.00 e. The predicted octanol–water partition coefficient (Wildman–Crippen LogP) is -3.05. The molecule has 1 N–H and O–H groups in total. The van der Waals surface area contributed by atoms with Gasteiger partial charge in [-0.15, -0.1) is 0 Å². The van der Waals surface area contributed by atoms with Gasteiger partial charge in [-0.1, -0.05) is 0 Å². The third kappa shape index (κ3) is 30.9. The SMILES string of the molecule is N#CO.[Fe].[H-].[K+]. The maximum atomic E-state index is 6.88. The van der Waals surface area contributed by atoms with Crippen LogP contribution in [0.1, 0.15) is 1.43 Å². The first-order valence-corrected chi connectivity index (χ1v) is 0.447. The number of nitrogens with zero attached hydrogens (tertiary/aromatic N) is 1. The molecule has 0 unspecified atom stereocenters. The van der Waals surface area contributed by atoms with Crippen molar-refractivity contribution in [2.24, 2.45) is 0 Å². The third-order valence-electron chi connectivity index (χ3n) is 0. The molecule has 0 aromatic heterocycles. The van der Waals surface area contributed by atoms with Gasteiger partial charge >= 0.3 is 51.4 Å². The van der Waals surface area contributed by atoms with E-state index in [0.717, 1.165) is 6.26 Å². The molecule has 0 aromatic rings. The van der Waals surface area contributed by atoms with Crippen LogP contribution in [-0.2, 0) is 17.1 Å². The fourth-order valence-corrected chi connectivity index (χ4v) is 0.